The van der Waals surface area contributed by atoms with Gasteiger partial charge in [0.2, 0.25) is 0 Å². The van der Waals surface area contributed by atoms with Crippen molar-refractivity contribution in [3.8, 4) is 5.75 Å². The Kier molecular flexibility index (Phi) is 4.32. The van der Waals surface area contributed by atoms with Gasteiger partial charge in [-0.15, -0.1) is 0 Å². The number of ether oxygens (including phenoxy) is 1. The lowest BCUT2D eigenvalue weighted by Crippen LogP contribution is -2.13. The summed E-state index contributed by atoms with van der Waals surface area (Å²) < 4.78 is 20.9. The first kappa shape index (κ1) is 15.1. The molecule has 0 saturated carbocycles. The van der Waals surface area contributed by atoms with Gasteiger partial charge >= 0.3 is 0 Å². The van der Waals surface area contributed by atoms with Gasteiger partial charge in [0.05, 0.1) is 16.4 Å². The standard InChI is InChI=1S/C13H14ClFN4O2/c1-7-12(14)10(19(2)17-7)6-21-11-4-3-8(5-9(11)15)13(16)18-20/h3-5,20H,6H2,1-2H3,(H2,16,18). The first-order valence-corrected chi connectivity index (χ1v) is 6.40. The number of hydrogen-bond acceptors (Lipinski definition) is 4. The fourth-order valence-corrected chi connectivity index (χ4v) is 2.03. The van der Waals surface area contributed by atoms with Crippen molar-refractivity contribution in [1.82, 2.24) is 9.78 Å². The van der Waals surface area contributed by atoms with E-state index in [4.69, 9.17) is 27.3 Å². The van der Waals surface area contributed by atoms with Crippen molar-refractivity contribution in [2.45, 2.75) is 13.5 Å². The number of rotatable bonds is 4. The first-order valence-electron chi connectivity index (χ1n) is 6.02. The SMILES string of the molecule is Cc1nn(C)c(COc2ccc(/C(N)=N/O)cc2F)c1Cl. The molecular formula is C13H14ClFN4O2. The van der Waals surface area contributed by atoms with Crippen LogP contribution in [0.3, 0.4) is 0 Å². The van der Waals surface area contributed by atoms with Gasteiger partial charge in [0.15, 0.2) is 17.4 Å². The average Bonchev–Trinajstić information content (AvgIpc) is 2.70. The van der Waals surface area contributed by atoms with Gasteiger partial charge in [-0.1, -0.05) is 16.8 Å². The number of oxime groups is 1. The molecule has 1 aromatic heterocycles. The third-order valence-corrected chi connectivity index (χ3v) is 3.45. The van der Waals surface area contributed by atoms with Crippen LogP contribution in [0.1, 0.15) is 17.0 Å². The lowest BCUT2D eigenvalue weighted by atomic mass is 10.2. The zero-order chi connectivity index (χ0) is 15.6. The summed E-state index contributed by atoms with van der Waals surface area (Å²) in [4.78, 5) is 0. The molecule has 2 aromatic rings. The summed E-state index contributed by atoms with van der Waals surface area (Å²) in [7, 11) is 1.73. The maximum Gasteiger partial charge on any atom is 0.170 e. The van der Waals surface area contributed by atoms with Crippen LogP contribution in [0.25, 0.3) is 0 Å². The van der Waals surface area contributed by atoms with Crippen LogP contribution in [0, 0.1) is 12.7 Å². The second-order valence-electron chi connectivity index (χ2n) is 4.39. The molecule has 0 amide bonds. The molecule has 6 nitrogen and oxygen atoms in total. The van der Waals surface area contributed by atoms with Crippen LogP contribution in [-0.4, -0.2) is 20.8 Å². The van der Waals surface area contributed by atoms with E-state index in [-0.39, 0.29) is 23.8 Å². The molecule has 0 atom stereocenters. The van der Waals surface area contributed by atoms with Crippen LogP contribution < -0.4 is 10.5 Å². The normalized spacial score (nSPS) is 11.7. The molecule has 0 aliphatic carbocycles. The van der Waals surface area contributed by atoms with Gasteiger partial charge in [-0.05, 0) is 25.1 Å². The summed E-state index contributed by atoms with van der Waals surface area (Å²) in [6.45, 7) is 1.86. The molecule has 3 N–H and O–H groups in total. The second kappa shape index (κ2) is 6.01. The van der Waals surface area contributed by atoms with E-state index in [0.29, 0.717) is 16.4 Å². The summed E-state index contributed by atoms with van der Waals surface area (Å²) in [5, 5.41) is 16.0. The largest absolute Gasteiger partial charge is 0.484 e. The van der Waals surface area contributed by atoms with E-state index in [9.17, 15) is 4.39 Å². The van der Waals surface area contributed by atoms with Crippen molar-refractivity contribution >= 4 is 17.4 Å². The van der Waals surface area contributed by atoms with Crippen LogP contribution >= 0.6 is 11.6 Å². The Balaban J connectivity index is 2.17. The molecule has 0 fully saturated rings. The number of nitrogens with two attached hydrogens (primary N) is 1. The predicted molar refractivity (Wildman–Crippen MR) is 76.2 cm³/mol. The van der Waals surface area contributed by atoms with Crippen molar-refractivity contribution in [3.05, 3.63) is 46.0 Å². The maximum atomic E-state index is 13.9. The Morgan fingerprint density at radius 2 is 2.29 bits per heavy atom. The summed E-state index contributed by atoms with van der Waals surface area (Å²) in [5.74, 6) is -0.751. The van der Waals surface area contributed by atoms with Gasteiger partial charge in [0.25, 0.3) is 0 Å². The minimum atomic E-state index is -0.617. The maximum absolute atomic E-state index is 13.9. The molecule has 0 aliphatic heterocycles. The van der Waals surface area contributed by atoms with Gasteiger partial charge in [-0.25, -0.2) is 4.39 Å². The van der Waals surface area contributed by atoms with E-state index in [1.165, 1.54) is 12.1 Å². The molecule has 0 spiro atoms. The van der Waals surface area contributed by atoms with Gasteiger partial charge in [-0.3, -0.25) is 4.68 Å². The quantitative estimate of drug-likeness (QED) is 0.392. The molecule has 0 radical (unpaired) electrons. The van der Waals surface area contributed by atoms with Gasteiger partial charge in [0.1, 0.15) is 6.61 Å². The highest BCUT2D eigenvalue weighted by atomic mass is 35.5. The van der Waals surface area contributed by atoms with Crippen LogP contribution in [-0.2, 0) is 13.7 Å². The molecule has 112 valence electrons. The number of hydrogen-bond donors (Lipinski definition) is 2. The van der Waals surface area contributed by atoms with E-state index < -0.39 is 5.82 Å². The summed E-state index contributed by atoms with van der Waals surface area (Å²) >= 11 is 6.09. The van der Waals surface area contributed by atoms with E-state index in [2.05, 4.69) is 10.3 Å². The topological polar surface area (TPSA) is 85.7 Å². The molecule has 0 saturated heterocycles. The lowest BCUT2D eigenvalue weighted by Gasteiger charge is -2.09. The molecule has 1 aromatic carbocycles. The predicted octanol–water partition coefficient (Wildman–Crippen LogP) is 2.19. The molecule has 21 heavy (non-hydrogen) atoms. The highest BCUT2D eigenvalue weighted by molar-refractivity contribution is 6.31. The van der Waals surface area contributed by atoms with Crippen molar-refractivity contribution in [2.75, 3.05) is 0 Å². The molecule has 8 heteroatoms. The van der Waals surface area contributed by atoms with Gasteiger partial charge in [0, 0.05) is 12.6 Å². The zero-order valence-electron chi connectivity index (χ0n) is 11.5. The van der Waals surface area contributed by atoms with Crippen LogP contribution in [0.5, 0.6) is 5.75 Å². The minimum absolute atomic E-state index is 0.0411. The van der Waals surface area contributed by atoms with E-state index in [1.807, 2.05) is 0 Å². The number of aryl methyl sites for hydroxylation is 2. The fraction of sp³-hybridized carbons (Fsp3) is 0.231. The van der Waals surface area contributed by atoms with Crippen molar-refractivity contribution in [3.63, 3.8) is 0 Å². The summed E-state index contributed by atoms with van der Waals surface area (Å²) in [5.41, 5.74) is 6.97. The van der Waals surface area contributed by atoms with Crippen molar-refractivity contribution in [1.29, 1.82) is 0 Å². The Morgan fingerprint density at radius 1 is 1.57 bits per heavy atom. The molecule has 0 bridgehead atoms. The monoisotopic (exact) mass is 312 g/mol. The fourth-order valence-electron chi connectivity index (χ4n) is 1.82. The Labute approximate surface area is 125 Å². The van der Waals surface area contributed by atoms with Crippen LogP contribution in [0.2, 0.25) is 5.02 Å². The lowest BCUT2D eigenvalue weighted by molar-refractivity contribution is 0.280. The first-order chi connectivity index (χ1) is 9.93. The van der Waals surface area contributed by atoms with Gasteiger partial charge < -0.3 is 15.7 Å². The average molecular weight is 313 g/mol. The smallest absolute Gasteiger partial charge is 0.170 e. The van der Waals surface area contributed by atoms with Gasteiger partial charge in [-0.2, -0.15) is 5.10 Å². The summed E-state index contributed by atoms with van der Waals surface area (Å²) in [6.07, 6.45) is 0. The highest BCUT2D eigenvalue weighted by Crippen LogP contribution is 2.23. The summed E-state index contributed by atoms with van der Waals surface area (Å²) in [6, 6.07) is 4.02. The molecule has 0 unspecified atom stereocenters. The molecule has 2 rings (SSSR count). The van der Waals surface area contributed by atoms with E-state index >= 15 is 0 Å². The van der Waals surface area contributed by atoms with Crippen LogP contribution in [0.15, 0.2) is 23.4 Å². The number of amidine groups is 1. The second-order valence-corrected chi connectivity index (χ2v) is 4.77. The van der Waals surface area contributed by atoms with E-state index in [0.717, 1.165) is 6.07 Å². The Bertz CT molecular complexity index is 700. The molecule has 1 heterocycles. The number of aromatic nitrogens is 2. The van der Waals surface area contributed by atoms with Crippen molar-refractivity contribution < 1.29 is 14.3 Å². The third-order valence-electron chi connectivity index (χ3n) is 2.96. The van der Waals surface area contributed by atoms with Crippen molar-refractivity contribution in [2.24, 2.45) is 17.9 Å². The van der Waals surface area contributed by atoms with Crippen LogP contribution in [0.4, 0.5) is 4.39 Å². The molecule has 0 aliphatic rings. The minimum Gasteiger partial charge on any atom is -0.484 e. The Hall–Kier alpha value is -2.28. The Morgan fingerprint density at radius 3 is 2.81 bits per heavy atom. The highest BCUT2D eigenvalue weighted by Gasteiger charge is 2.13. The number of nitrogens with zero attached hydrogens (tertiary/aromatic N) is 3. The number of benzene rings is 1. The zero-order valence-corrected chi connectivity index (χ0v) is 12.2. The number of halogens is 2. The third kappa shape index (κ3) is 3.08. The molecular weight excluding hydrogens is 299 g/mol. The van der Waals surface area contributed by atoms with E-state index in [1.54, 1.807) is 18.7 Å².